The number of nitrogens with zero attached hydrogens (tertiary/aromatic N) is 4. The molecule has 0 unspecified atom stereocenters. The summed E-state index contributed by atoms with van der Waals surface area (Å²) in [5.74, 6) is 0.650. The molecule has 0 radical (unpaired) electrons. The zero-order chi connectivity index (χ0) is 15.6. The van der Waals surface area contributed by atoms with Crippen LogP contribution >= 0.6 is 11.5 Å². The summed E-state index contributed by atoms with van der Waals surface area (Å²) in [6, 6.07) is 3.81. The lowest BCUT2D eigenvalue weighted by Gasteiger charge is -2.13. The van der Waals surface area contributed by atoms with E-state index >= 15 is 0 Å². The van der Waals surface area contributed by atoms with E-state index in [1.54, 1.807) is 6.20 Å². The summed E-state index contributed by atoms with van der Waals surface area (Å²) in [7, 11) is -1.29. The quantitative estimate of drug-likeness (QED) is 0.814. The van der Waals surface area contributed by atoms with E-state index in [0.29, 0.717) is 16.5 Å². The fraction of sp³-hybridized carbons (Fsp3) is 0.429. The van der Waals surface area contributed by atoms with E-state index < -0.39 is 11.0 Å². The molecule has 5 nitrogen and oxygen atoms in total. The first-order chi connectivity index (χ1) is 9.77. The van der Waals surface area contributed by atoms with Crippen molar-refractivity contribution >= 4 is 28.2 Å². The Labute approximate surface area is 131 Å². The fourth-order valence-electron chi connectivity index (χ4n) is 1.47. The highest BCUT2D eigenvalue weighted by Crippen LogP contribution is 2.20. The van der Waals surface area contributed by atoms with Gasteiger partial charge in [-0.05, 0) is 58.3 Å². The van der Waals surface area contributed by atoms with Gasteiger partial charge in [-0.1, -0.05) is 0 Å². The van der Waals surface area contributed by atoms with Crippen molar-refractivity contribution in [2.24, 2.45) is 4.40 Å². The maximum absolute atomic E-state index is 12.0. The van der Waals surface area contributed by atoms with Gasteiger partial charge in [0.05, 0.1) is 10.5 Å². The zero-order valence-electron chi connectivity index (χ0n) is 12.7. The molecule has 0 spiro atoms. The van der Waals surface area contributed by atoms with Gasteiger partial charge < -0.3 is 0 Å². The van der Waals surface area contributed by atoms with Crippen LogP contribution in [0.3, 0.4) is 0 Å². The lowest BCUT2D eigenvalue weighted by Crippen LogP contribution is -2.20. The summed E-state index contributed by atoms with van der Waals surface area (Å²) in [4.78, 5) is 8.63. The second-order valence-corrected chi connectivity index (χ2v) is 8.30. The van der Waals surface area contributed by atoms with E-state index in [9.17, 15) is 4.21 Å². The summed E-state index contributed by atoms with van der Waals surface area (Å²) in [6.07, 6.45) is 1.74. The average molecular weight is 322 g/mol. The number of rotatable bonds is 3. The monoisotopic (exact) mass is 322 g/mol. The van der Waals surface area contributed by atoms with Gasteiger partial charge in [0.25, 0.3) is 0 Å². The van der Waals surface area contributed by atoms with Crippen molar-refractivity contribution in [3.63, 3.8) is 0 Å². The Kier molecular flexibility index (Phi) is 4.63. The highest BCUT2D eigenvalue weighted by atomic mass is 32.2. The molecule has 0 aliphatic heterocycles. The van der Waals surface area contributed by atoms with Crippen LogP contribution < -0.4 is 0 Å². The van der Waals surface area contributed by atoms with E-state index in [2.05, 4.69) is 18.7 Å². The Hall–Kier alpha value is -1.47. The Balaban J connectivity index is 2.28. The minimum Gasteiger partial charge on any atom is -0.262 e. The fourth-order valence-corrected chi connectivity index (χ4v) is 2.76. The first-order valence-corrected chi connectivity index (χ1v) is 8.40. The molecule has 7 heteroatoms. The van der Waals surface area contributed by atoms with Crippen molar-refractivity contribution < 1.29 is 4.21 Å². The molecule has 2 aromatic heterocycles. The Morgan fingerprint density at radius 1 is 1.38 bits per heavy atom. The summed E-state index contributed by atoms with van der Waals surface area (Å²) < 4.78 is 20.2. The lowest BCUT2D eigenvalue weighted by atomic mass is 10.2. The molecule has 0 amide bonds. The number of hydrogen-bond donors (Lipinski definition) is 0. The topological polar surface area (TPSA) is 68.1 Å². The average Bonchev–Trinajstić information content (AvgIpc) is 2.87. The Bertz CT molecular complexity index is 701. The van der Waals surface area contributed by atoms with Gasteiger partial charge in [0, 0.05) is 17.5 Å². The molecular formula is C14H18N4OS2. The third-order valence-electron chi connectivity index (χ3n) is 2.63. The minimum atomic E-state index is -1.29. The molecule has 2 rings (SSSR count). The van der Waals surface area contributed by atoms with Gasteiger partial charge in [0.15, 0.2) is 10.8 Å². The van der Waals surface area contributed by atoms with Gasteiger partial charge >= 0.3 is 0 Å². The van der Waals surface area contributed by atoms with Gasteiger partial charge in [-0.25, -0.2) is 9.19 Å². The molecule has 2 heterocycles. The van der Waals surface area contributed by atoms with Crippen LogP contribution in [-0.4, -0.2) is 29.0 Å². The van der Waals surface area contributed by atoms with Crippen LogP contribution in [0.5, 0.6) is 0 Å². The van der Waals surface area contributed by atoms with Crippen LogP contribution in [-0.2, 0) is 11.0 Å². The van der Waals surface area contributed by atoms with Crippen molar-refractivity contribution in [3.05, 3.63) is 29.0 Å². The first-order valence-electron chi connectivity index (χ1n) is 6.52. The molecule has 0 fully saturated rings. The van der Waals surface area contributed by atoms with Gasteiger partial charge in [-0.2, -0.15) is 8.77 Å². The number of hydrogen-bond acceptors (Lipinski definition) is 5. The van der Waals surface area contributed by atoms with Crippen molar-refractivity contribution in [1.82, 2.24) is 14.3 Å². The number of aryl methyl sites for hydroxylation is 1. The van der Waals surface area contributed by atoms with Crippen LogP contribution in [0, 0.1) is 6.92 Å². The molecule has 1 atom stereocenters. The smallest absolute Gasteiger partial charge is 0.173 e. The van der Waals surface area contributed by atoms with Gasteiger partial charge in [-0.15, -0.1) is 0 Å². The molecule has 112 valence electrons. The van der Waals surface area contributed by atoms with Crippen LogP contribution in [0.4, 0.5) is 0 Å². The van der Waals surface area contributed by atoms with Crippen molar-refractivity contribution in [2.75, 3.05) is 0 Å². The van der Waals surface area contributed by atoms with Gasteiger partial charge in [0.2, 0.25) is 0 Å². The molecule has 2 aromatic rings. The van der Waals surface area contributed by atoms with Gasteiger partial charge in [-0.3, -0.25) is 4.98 Å². The predicted octanol–water partition coefficient (Wildman–Crippen LogP) is 3.18. The maximum Gasteiger partial charge on any atom is 0.173 e. The molecule has 0 saturated heterocycles. The predicted molar refractivity (Wildman–Crippen MR) is 88.0 cm³/mol. The third-order valence-corrected chi connectivity index (χ3v) is 4.95. The summed E-state index contributed by atoms with van der Waals surface area (Å²) in [6.45, 7) is 9.42. The number of pyridine rings is 1. The molecule has 0 aromatic carbocycles. The molecule has 0 saturated carbocycles. The molecule has 0 aliphatic rings. The normalized spacial score (nSPS) is 14.2. The first kappa shape index (κ1) is 15.9. The van der Waals surface area contributed by atoms with E-state index in [-0.39, 0.29) is 4.75 Å². The summed E-state index contributed by atoms with van der Waals surface area (Å²) in [5, 5.41) is 0.692. The second-order valence-electron chi connectivity index (χ2n) is 5.65. The third kappa shape index (κ3) is 4.01. The van der Waals surface area contributed by atoms with Crippen LogP contribution in [0.1, 0.15) is 38.4 Å². The standard InChI is InChI=1S/C14H18N4OS2/c1-9-8-11(6-7-15-9)12-16-13(20-17-12)10(2)18-21(19)14(3,4)5/h6-8H,1-5H3/b18-10+/t21-/m0/s1. The molecular weight excluding hydrogens is 304 g/mol. The number of aromatic nitrogens is 3. The highest BCUT2D eigenvalue weighted by molar-refractivity contribution is 7.85. The summed E-state index contributed by atoms with van der Waals surface area (Å²) >= 11 is 1.26. The van der Waals surface area contributed by atoms with E-state index in [4.69, 9.17) is 0 Å². The zero-order valence-corrected chi connectivity index (χ0v) is 14.4. The van der Waals surface area contributed by atoms with Crippen molar-refractivity contribution in [3.8, 4) is 11.4 Å². The minimum absolute atomic E-state index is 0.378. The van der Waals surface area contributed by atoms with Crippen molar-refractivity contribution in [2.45, 2.75) is 39.4 Å². The van der Waals surface area contributed by atoms with E-state index in [0.717, 1.165) is 11.3 Å². The molecule has 0 N–H and O–H groups in total. The highest BCUT2D eigenvalue weighted by Gasteiger charge is 2.20. The van der Waals surface area contributed by atoms with Gasteiger partial charge in [0.1, 0.15) is 11.0 Å². The molecule has 0 aliphatic carbocycles. The second kappa shape index (κ2) is 6.11. The van der Waals surface area contributed by atoms with Crippen molar-refractivity contribution in [1.29, 1.82) is 0 Å². The SMILES string of the molecule is C/C(=N\[S@@](=O)C(C)(C)C)c1nc(-c2ccnc(C)c2)ns1. The Morgan fingerprint density at radius 3 is 2.71 bits per heavy atom. The van der Waals surface area contributed by atoms with Crippen LogP contribution in [0.25, 0.3) is 11.4 Å². The van der Waals surface area contributed by atoms with E-state index in [1.807, 2.05) is 46.8 Å². The summed E-state index contributed by atoms with van der Waals surface area (Å²) in [5.41, 5.74) is 2.50. The van der Waals surface area contributed by atoms with E-state index in [1.165, 1.54) is 11.5 Å². The maximum atomic E-state index is 12.0. The molecule has 0 bridgehead atoms. The lowest BCUT2D eigenvalue weighted by molar-refractivity contribution is 0.650. The largest absolute Gasteiger partial charge is 0.262 e. The van der Waals surface area contributed by atoms with Crippen LogP contribution in [0.15, 0.2) is 22.7 Å². The Morgan fingerprint density at radius 2 is 2.10 bits per heavy atom. The van der Waals surface area contributed by atoms with Crippen LogP contribution in [0.2, 0.25) is 0 Å². The molecule has 21 heavy (non-hydrogen) atoms.